The van der Waals surface area contributed by atoms with Crippen molar-refractivity contribution in [3.05, 3.63) is 59.2 Å². The van der Waals surface area contributed by atoms with E-state index in [1.807, 2.05) is 0 Å². The maximum atomic E-state index is 13.5. The van der Waals surface area contributed by atoms with Crippen LogP contribution < -0.4 is 14.2 Å². The first-order chi connectivity index (χ1) is 15.3. The molecule has 0 radical (unpaired) electrons. The lowest BCUT2D eigenvalue weighted by atomic mass is 10.2. The molecule has 1 N–H and O–H groups in total. The van der Waals surface area contributed by atoms with Gasteiger partial charge >= 0.3 is 0 Å². The third-order valence-corrected chi connectivity index (χ3v) is 7.16. The van der Waals surface area contributed by atoms with Crippen LogP contribution in [-0.4, -0.2) is 32.8 Å². The van der Waals surface area contributed by atoms with Crippen LogP contribution in [0.4, 0.5) is 10.1 Å². The number of aromatic nitrogens is 2. The van der Waals surface area contributed by atoms with E-state index in [0.29, 0.717) is 32.5 Å². The van der Waals surface area contributed by atoms with Gasteiger partial charge in [-0.3, -0.25) is 4.72 Å². The molecule has 0 aliphatic heterocycles. The summed E-state index contributed by atoms with van der Waals surface area (Å²) >= 11 is 1.19. The Morgan fingerprint density at radius 1 is 1.06 bits per heavy atom. The lowest BCUT2D eigenvalue weighted by molar-refractivity contribution is 0.395. The first-order valence-corrected chi connectivity index (χ1v) is 11.6. The molecule has 0 saturated carbocycles. The third kappa shape index (κ3) is 4.43. The normalized spacial score (nSPS) is 11.4. The van der Waals surface area contributed by atoms with Crippen molar-refractivity contribution in [3.63, 3.8) is 0 Å². The lowest BCUT2D eigenvalue weighted by Crippen LogP contribution is -2.13. The molecule has 2 aromatic carbocycles. The Balaban J connectivity index is 1.64. The molecular weight excluding hydrogens is 457 g/mol. The highest BCUT2D eigenvalue weighted by molar-refractivity contribution is 7.93. The van der Waals surface area contributed by atoms with Gasteiger partial charge in [0.25, 0.3) is 15.9 Å². The van der Waals surface area contributed by atoms with Gasteiger partial charge < -0.3 is 14.0 Å². The minimum Gasteiger partial charge on any atom is -0.497 e. The number of methoxy groups -OCH3 is 2. The van der Waals surface area contributed by atoms with Gasteiger partial charge in [-0.1, -0.05) is 17.3 Å². The van der Waals surface area contributed by atoms with Crippen molar-refractivity contribution in [2.45, 2.75) is 11.8 Å². The Labute approximate surface area is 187 Å². The fourth-order valence-electron chi connectivity index (χ4n) is 2.98. The van der Waals surface area contributed by atoms with Crippen LogP contribution in [0.25, 0.3) is 22.2 Å². The second-order valence-corrected chi connectivity index (χ2v) is 9.58. The number of thiophene rings is 1. The van der Waals surface area contributed by atoms with Gasteiger partial charge in [-0.15, -0.1) is 11.3 Å². The Morgan fingerprint density at radius 2 is 1.78 bits per heavy atom. The summed E-state index contributed by atoms with van der Waals surface area (Å²) in [5, 5.41) is 3.87. The van der Waals surface area contributed by atoms with Gasteiger partial charge in [0, 0.05) is 28.6 Å². The Kier molecular flexibility index (Phi) is 5.85. The molecule has 0 atom stereocenters. The van der Waals surface area contributed by atoms with E-state index in [9.17, 15) is 12.8 Å². The predicted octanol–water partition coefficient (Wildman–Crippen LogP) is 4.73. The summed E-state index contributed by atoms with van der Waals surface area (Å²) in [5.74, 6) is 0.814. The van der Waals surface area contributed by atoms with Gasteiger partial charge in [-0.05, 0) is 25.1 Å². The predicted molar refractivity (Wildman–Crippen MR) is 118 cm³/mol. The Hall–Kier alpha value is -3.44. The fraction of sp³-hybridized carbons (Fsp3) is 0.143. The average molecular weight is 476 g/mol. The molecule has 0 saturated heterocycles. The zero-order chi connectivity index (χ0) is 22.9. The summed E-state index contributed by atoms with van der Waals surface area (Å²) in [6.45, 7) is 1.68. The van der Waals surface area contributed by atoms with Gasteiger partial charge in [0.1, 0.15) is 22.2 Å². The van der Waals surface area contributed by atoms with E-state index in [1.165, 1.54) is 43.8 Å². The highest BCUT2D eigenvalue weighted by Crippen LogP contribution is 2.35. The Bertz CT molecular complexity index is 1360. The van der Waals surface area contributed by atoms with Crippen LogP contribution in [0.5, 0.6) is 11.5 Å². The molecule has 0 amide bonds. The van der Waals surface area contributed by atoms with E-state index in [1.54, 1.807) is 37.3 Å². The van der Waals surface area contributed by atoms with Crippen molar-refractivity contribution in [2.75, 3.05) is 18.9 Å². The van der Waals surface area contributed by atoms with Gasteiger partial charge in [0.15, 0.2) is 0 Å². The molecule has 0 spiro atoms. The SMILES string of the molecule is COc1cc(NS(=O)(=O)c2cc(-c3nc(-c4cccc(F)c4)no3)sc2C)cc(OC)c1. The van der Waals surface area contributed by atoms with Crippen molar-refractivity contribution < 1.29 is 26.8 Å². The summed E-state index contributed by atoms with van der Waals surface area (Å²) in [5.41, 5.74) is 0.745. The fourth-order valence-corrected chi connectivity index (χ4v) is 5.54. The lowest BCUT2D eigenvalue weighted by Gasteiger charge is -2.11. The highest BCUT2D eigenvalue weighted by atomic mass is 32.2. The number of ether oxygens (including phenoxy) is 2. The summed E-state index contributed by atoms with van der Waals surface area (Å²) < 4.78 is 57.7. The largest absolute Gasteiger partial charge is 0.497 e. The zero-order valence-electron chi connectivity index (χ0n) is 17.2. The number of nitrogens with one attached hydrogen (secondary N) is 1. The molecule has 0 bridgehead atoms. The smallest absolute Gasteiger partial charge is 0.268 e. The van der Waals surface area contributed by atoms with E-state index in [-0.39, 0.29) is 16.6 Å². The maximum absolute atomic E-state index is 13.5. The standard InChI is InChI=1S/C21H18FN3O5S2/c1-12-19(32(26,27)25-15-8-16(28-2)10-17(9-15)29-3)11-18(31-12)21-23-20(24-30-21)13-5-4-6-14(22)7-13/h4-11,25H,1-3H3. The molecule has 166 valence electrons. The number of halogens is 1. The van der Waals surface area contributed by atoms with Crippen LogP contribution in [-0.2, 0) is 10.0 Å². The van der Waals surface area contributed by atoms with Crippen LogP contribution >= 0.6 is 11.3 Å². The van der Waals surface area contributed by atoms with E-state index in [2.05, 4.69) is 14.9 Å². The third-order valence-electron chi connectivity index (χ3n) is 4.49. The number of aryl methyl sites for hydroxylation is 1. The van der Waals surface area contributed by atoms with Crippen LogP contribution in [0.15, 0.2) is 57.9 Å². The molecular formula is C21H18FN3O5S2. The van der Waals surface area contributed by atoms with Gasteiger partial charge in [0.05, 0.1) is 24.8 Å². The average Bonchev–Trinajstić information content (AvgIpc) is 3.40. The van der Waals surface area contributed by atoms with Crippen molar-refractivity contribution in [3.8, 4) is 33.7 Å². The van der Waals surface area contributed by atoms with E-state index < -0.39 is 15.8 Å². The summed E-state index contributed by atoms with van der Waals surface area (Å²) in [4.78, 5) is 5.36. The molecule has 11 heteroatoms. The summed E-state index contributed by atoms with van der Waals surface area (Å²) in [7, 11) is -0.968. The van der Waals surface area contributed by atoms with Gasteiger partial charge in [-0.2, -0.15) is 4.98 Å². The number of rotatable bonds is 7. The van der Waals surface area contributed by atoms with Crippen LogP contribution in [0.2, 0.25) is 0 Å². The molecule has 0 unspecified atom stereocenters. The maximum Gasteiger partial charge on any atom is 0.268 e. The second-order valence-electron chi connectivity index (χ2n) is 6.67. The molecule has 2 aromatic heterocycles. The van der Waals surface area contributed by atoms with E-state index in [4.69, 9.17) is 14.0 Å². The Morgan fingerprint density at radius 3 is 2.44 bits per heavy atom. The first-order valence-electron chi connectivity index (χ1n) is 9.25. The van der Waals surface area contributed by atoms with Gasteiger partial charge in [0.2, 0.25) is 5.82 Å². The quantitative estimate of drug-likeness (QED) is 0.412. The minimum atomic E-state index is -3.92. The molecule has 0 aliphatic carbocycles. The van der Waals surface area contributed by atoms with Crippen molar-refractivity contribution in [2.24, 2.45) is 0 Å². The molecule has 8 nitrogen and oxygen atoms in total. The van der Waals surface area contributed by atoms with Crippen LogP contribution in [0.1, 0.15) is 4.88 Å². The summed E-state index contributed by atoms with van der Waals surface area (Å²) in [6.07, 6.45) is 0. The molecule has 32 heavy (non-hydrogen) atoms. The molecule has 0 aliphatic rings. The van der Waals surface area contributed by atoms with Crippen LogP contribution in [0.3, 0.4) is 0 Å². The highest BCUT2D eigenvalue weighted by Gasteiger charge is 2.23. The topological polar surface area (TPSA) is 104 Å². The number of hydrogen-bond acceptors (Lipinski definition) is 8. The van der Waals surface area contributed by atoms with Gasteiger partial charge in [-0.25, -0.2) is 12.8 Å². The van der Waals surface area contributed by atoms with Crippen molar-refractivity contribution in [1.29, 1.82) is 0 Å². The molecule has 2 heterocycles. The monoisotopic (exact) mass is 475 g/mol. The summed E-state index contributed by atoms with van der Waals surface area (Å²) in [6, 6.07) is 12.0. The number of nitrogens with zero attached hydrogens (tertiary/aromatic N) is 2. The van der Waals surface area contributed by atoms with E-state index >= 15 is 0 Å². The number of benzene rings is 2. The van der Waals surface area contributed by atoms with E-state index in [0.717, 1.165) is 0 Å². The number of anilines is 1. The first kappa shape index (κ1) is 21.8. The van der Waals surface area contributed by atoms with Crippen LogP contribution in [0, 0.1) is 12.7 Å². The van der Waals surface area contributed by atoms with Crippen molar-refractivity contribution >= 4 is 27.0 Å². The second kappa shape index (κ2) is 8.60. The van der Waals surface area contributed by atoms with Crippen molar-refractivity contribution in [1.82, 2.24) is 10.1 Å². The minimum absolute atomic E-state index is 0.0739. The molecule has 0 fully saturated rings. The number of sulfonamides is 1. The number of hydrogen-bond donors (Lipinski definition) is 1. The molecule has 4 rings (SSSR count). The zero-order valence-corrected chi connectivity index (χ0v) is 18.9. The molecule has 4 aromatic rings.